The van der Waals surface area contributed by atoms with Gasteiger partial charge in [0.25, 0.3) is 0 Å². The van der Waals surface area contributed by atoms with Crippen LogP contribution in [0.5, 0.6) is 17.5 Å². The van der Waals surface area contributed by atoms with E-state index >= 15 is 0 Å². The van der Waals surface area contributed by atoms with E-state index in [0.29, 0.717) is 34.5 Å². The highest BCUT2D eigenvalue weighted by molar-refractivity contribution is 5.98. The number of aldehydes is 1. The van der Waals surface area contributed by atoms with Crippen molar-refractivity contribution in [1.82, 2.24) is 9.97 Å². The van der Waals surface area contributed by atoms with Gasteiger partial charge in [0, 0.05) is 0 Å². The van der Waals surface area contributed by atoms with Crippen molar-refractivity contribution >= 4 is 17.9 Å². The van der Waals surface area contributed by atoms with Crippen molar-refractivity contribution < 1.29 is 28.9 Å². The second-order valence-corrected chi connectivity index (χ2v) is 5.93. The van der Waals surface area contributed by atoms with Gasteiger partial charge in [0.2, 0.25) is 0 Å². The zero-order valence-electron chi connectivity index (χ0n) is 14.5. The van der Waals surface area contributed by atoms with Crippen LogP contribution >= 0.6 is 0 Å². The van der Waals surface area contributed by atoms with Crippen LogP contribution in [0, 0.1) is 0 Å². The predicted octanol–water partition coefficient (Wildman–Crippen LogP) is 1.38. The number of carbonyl (C=O) groups excluding carboxylic acids is 2. The number of hydrogen-bond donors (Lipinski definition) is 2. The molecule has 9 nitrogen and oxygen atoms in total. The number of methoxy groups -OCH3 is 2. The highest BCUT2D eigenvalue weighted by Gasteiger charge is 2.41. The Morgan fingerprint density at radius 1 is 1.30 bits per heavy atom. The highest BCUT2D eigenvalue weighted by atomic mass is 16.5. The van der Waals surface area contributed by atoms with E-state index in [0.717, 1.165) is 0 Å². The molecule has 2 aromatic rings. The van der Waals surface area contributed by atoms with Gasteiger partial charge >= 0.3 is 12.0 Å². The van der Waals surface area contributed by atoms with Crippen LogP contribution in [-0.4, -0.2) is 48.2 Å². The molecule has 3 heterocycles. The summed E-state index contributed by atoms with van der Waals surface area (Å²) in [5.41, 5.74) is 2.46. The van der Waals surface area contributed by atoms with Gasteiger partial charge in [-0.05, 0) is 17.7 Å². The Morgan fingerprint density at radius 2 is 2.11 bits per heavy atom. The number of ether oxygens (including phenoxy) is 3. The third-order valence-electron chi connectivity index (χ3n) is 4.51. The summed E-state index contributed by atoms with van der Waals surface area (Å²) in [7, 11) is 2.82. The molecule has 4 rings (SSSR count). The van der Waals surface area contributed by atoms with E-state index in [9.17, 15) is 14.7 Å². The van der Waals surface area contributed by atoms with E-state index in [4.69, 9.17) is 14.2 Å². The number of rotatable bonds is 4. The lowest BCUT2D eigenvalue weighted by Crippen LogP contribution is -2.23. The Labute approximate surface area is 153 Å². The second kappa shape index (κ2) is 6.27. The molecular formula is C18H15N3O6. The lowest BCUT2D eigenvalue weighted by atomic mass is 9.84. The molecule has 0 saturated heterocycles. The zero-order valence-corrected chi connectivity index (χ0v) is 14.5. The Balaban J connectivity index is 1.99. The summed E-state index contributed by atoms with van der Waals surface area (Å²) in [6.07, 6.45) is 0.591. The first-order chi connectivity index (χ1) is 13.1. The monoisotopic (exact) mass is 369 g/mol. The molecule has 2 aliphatic rings. The summed E-state index contributed by atoms with van der Waals surface area (Å²) >= 11 is 0. The van der Waals surface area contributed by atoms with Crippen molar-refractivity contribution in [3.63, 3.8) is 0 Å². The number of phenols is 1. The van der Waals surface area contributed by atoms with Gasteiger partial charge in [0.05, 0.1) is 42.8 Å². The van der Waals surface area contributed by atoms with E-state index < -0.39 is 11.9 Å². The summed E-state index contributed by atoms with van der Waals surface area (Å²) in [6, 6.07) is 4.74. The number of nitrogens with one attached hydrogen (secondary N) is 1. The van der Waals surface area contributed by atoms with Crippen molar-refractivity contribution in [2.24, 2.45) is 0 Å². The van der Waals surface area contributed by atoms with Gasteiger partial charge < -0.3 is 24.6 Å². The van der Waals surface area contributed by atoms with Crippen LogP contribution in [0.2, 0.25) is 0 Å². The summed E-state index contributed by atoms with van der Waals surface area (Å²) in [5, 5.41) is 12.9. The fraction of sp³-hybridized carbons (Fsp3) is 0.222. The first-order valence-electron chi connectivity index (χ1n) is 8.02. The minimum Gasteiger partial charge on any atom is -0.504 e. The molecule has 0 aliphatic carbocycles. The molecule has 2 N–H and O–H groups in total. The fourth-order valence-electron chi connectivity index (χ4n) is 3.29. The number of fused-ring (bicyclic) bond motifs is 1. The number of nitrogens with zero attached hydrogens (tertiary/aromatic N) is 2. The Morgan fingerprint density at radius 3 is 2.81 bits per heavy atom. The minimum absolute atomic E-state index is 0.00353. The Bertz CT molecular complexity index is 1000. The molecule has 0 amide bonds. The van der Waals surface area contributed by atoms with E-state index in [1.165, 1.54) is 20.3 Å². The molecule has 1 unspecified atom stereocenters. The SMILES string of the molecule is COc1nc(C=O)c2c(n1)C(c1ccc(O)c(OC)c1)C1=C(COC1=O)N2. The topological polar surface area (TPSA) is 120 Å². The molecule has 1 atom stereocenters. The molecular weight excluding hydrogens is 354 g/mol. The Kier molecular flexibility index (Phi) is 3.91. The largest absolute Gasteiger partial charge is 0.504 e. The van der Waals surface area contributed by atoms with E-state index in [-0.39, 0.29) is 29.8 Å². The van der Waals surface area contributed by atoms with Gasteiger partial charge in [-0.15, -0.1) is 0 Å². The molecule has 0 saturated carbocycles. The molecule has 0 fully saturated rings. The van der Waals surface area contributed by atoms with Crippen molar-refractivity contribution in [3.8, 4) is 17.5 Å². The molecule has 138 valence electrons. The first kappa shape index (κ1) is 16.8. The van der Waals surface area contributed by atoms with Gasteiger partial charge in [-0.3, -0.25) is 4.79 Å². The van der Waals surface area contributed by atoms with Gasteiger partial charge in [0.1, 0.15) is 12.3 Å². The number of carbonyl (C=O) groups is 2. The third-order valence-corrected chi connectivity index (χ3v) is 4.51. The normalized spacial score (nSPS) is 17.6. The van der Waals surface area contributed by atoms with Gasteiger partial charge in [-0.1, -0.05) is 6.07 Å². The maximum atomic E-state index is 12.4. The minimum atomic E-state index is -0.642. The van der Waals surface area contributed by atoms with E-state index in [1.54, 1.807) is 12.1 Å². The second-order valence-electron chi connectivity index (χ2n) is 5.93. The molecule has 0 bridgehead atoms. The van der Waals surface area contributed by atoms with E-state index in [1.807, 2.05) is 0 Å². The number of esters is 1. The number of aromatic nitrogens is 2. The van der Waals surface area contributed by atoms with Crippen molar-refractivity contribution in [1.29, 1.82) is 0 Å². The summed E-state index contributed by atoms with van der Waals surface area (Å²) in [5.74, 6) is -0.910. The van der Waals surface area contributed by atoms with Crippen LogP contribution in [0.4, 0.5) is 5.69 Å². The van der Waals surface area contributed by atoms with Crippen LogP contribution < -0.4 is 14.8 Å². The lowest BCUT2D eigenvalue weighted by molar-refractivity contribution is -0.136. The molecule has 1 aromatic heterocycles. The summed E-state index contributed by atoms with van der Waals surface area (Å²) in [4.78, 5) is 32.4. The molecule has 27 heavy (non-hydrogen) atoms. The van der Waals surface area contributed by atoms with Crippen molar-refractivity contribution in [2.75, 3.05) is 26.1 Å². The van der Waals surface area contributed by atoms with Gasteiger partial charge in [-0.2, -0.15) is 9.97 Å². The number of cyclic esters (lactones) is 1. The van der Waals surface area contributed by atoms with E-state index in [2.05, 4.69) is 15.3 Å². The molecule has 0 radical (unpaired) electrons. The number of aromatic hydroxyl groups is 1. The van der Waals surface area contributed by atoms with Crippen LogP contribution in [0.3, 0.4) is 0 Å². The quantitative estimate of drug-likeness (QED) is 0.608. The third kappa shape index (κ3) is 2.55. The fourth-order valence-corrected chi connectivity index (χ4v) is 3.29. The maximum absolute atomic E-state index is 12.4. The van der Waals surface area contributed by atoms with Gasteiger partial charge in [-0.25, -0.2) is 4.79 Å². The number of hydrogen-bond acceptors (Lipinski definition) is 9. The lowest BCUT2D eigenvalue weighted by Gasteiger charge is -2.27. The van der Waals surface area contributed by atoms with Crippen LogP contribution in [0.25, 0.3) is 0 Å². The zero-order chi connectivity index (χ0) is 19.1. The van der Waals surface area contributed by atoms with Crippen LogP contribution in [0.1, 0.15) is 27.7 Å². The first-order valence-corrected chi connectivity index (χ1v) is 8.02. The number of phenolic OH excluding ortho intramolecular Hbond substituents is 1. The number of anilines is 1. The maximum Gasteiger partial charge on any atom is 0.337 e. The average Bonchev–Trinajstić information content (AvgIpc) is 3.06. The van der Waals surface area contributed by atoms with Crippen LogP contribution in [-0.2, 0) is 9.53 Å². The Hall–Kier alpha value is -3.62. The average molecular weight is 369 g/mol. The summed E-state index contributed by atoms with van der Waals surface area (Å²) < 4.78 is 15.5. The standard InChI is InChI=1S/C18H15N3O6/c1-25-12-5-8(3-4-11(12)23)13-14-10(7-27-17(14)24)19-15-9(6-22)20-18(26-2)21-16(13)15/h3-6,13,19,23H,7H2,1-2H3. The highest BCUT2D eigenvalue weighted by Crippen LogP contribution is 2.45. The van der Waals surface area contributed by atoms with Gasteiger partial charge in [0.15, 0.2) is 17.8 Å². The smallest absolute Gasteiger partial charge is 0.337 e. The molecule has 0 spiro atoms. The van der Waals surface area contributed by atoms with Crippen LogP contribution in [0.15, 0.2) is 29.5 Å². The van der Waals surface area contributed by atoms with Crippen molar-refractivity contribution in [2.45, 2.75) is 5.92 Å². The molecule has 9 heteroatoms. The molecule has 2 aliphatic heterocycles. The summed E-state index contributed by atoms with van der Waals surface area (Å²) in [6.45, 7) is 0.0592. The molecule has 1 aromatic carbocycles. The predicted molar refractivity (Wildman–Crippen MR) is 92.1 cm³/mol. The number of benzene rings is 1. The van der Waals surface area contributed by atoms with Crippen molar-refractivity contribution in [3.05, 3.63) is 46.4 Å².